The highest BCUT2D eigenvalue weighted by Gasteiger charge is 2.51. The van der Waals surface area contributed by atoms with Crippen molar-refractivity contribution in [1.82, 2.24) is 10.2 Å². The number of likely N-dealkylation sites (tertiary alicyclic amines) is 1. The molecule has 3 aliphatic rings. The summed E-state index contributed by atoms with van der Waals surface area (Å²) in [6.07, 6.45) is 4.17. The molecule has 1 amide bonds. The first-order valence-electron chi connectivity index (χ1n) is 17.0. The zero-order valence-corrected chi connectivity index (χ0v) is 28.3. The molecule has 2 N–H and O–H groups in total. The smallest absolute Gasteiger partial charge is 0.407 e. The van der Waals surface area contributed by atoms with Crippen molar-refractivity contribution in [3.8, 4) is 11.1 Å². The number of benzene rings is 3. The molecule has 2 saturated heterocycles. The molecule has 0 radical (unpaired) electrons. The van der Waals surface area contributed by atoms with Gasteiger partial charge in [-0.2, -0.15) is 0 Å². The average molecular weight is 639 g/mol. The third-order valence-electron chi connectivity index (χ3n) is 10.3. The molecule has 2 aliphatic heterocycles. The zero-order valence-electron chi connectivity index (χ0n) is 28.3. The Hall–Kier alpha value is -3.49. The number of carbonyl (C=O) groups excluding carboxylic acids is 1. The third kappa shape index (κ3) is 7.65. The van der Waals surface area contributed by atoms with Gasteiger partial charge >= 0.3 is 6.09 Å². The highest BCUT2D eigenvalue weighted by Crippen LogP contribution is 2.53. The van der Waals surface area contributed by atoms with Gasteiger partial charge in [0.2, 0.25) is 0 Å². The number of amides is 1. The van der Waals surface area contributed by atoms with Crippen LogP contribution in [0.5, 0.6) is 0 Å². The molecule has 3 fully saturated rings. The van der Waals surface area contributed by atoms with Crippen LogP contribution in [-0.2, 0) is 27.4 Å². The standard InChI is InChI=1S/C40H50N2O5/c1-6-19-45-38(44)41-22-32-9-7-8-10-34(32)29-15-17-31(18-16-29)37-46-35(23-42-26-40(5)21-33(42)20-39(3,4)25-40)27(2)36(47-37)30-13-11-28(24-43)12-14-30/h6-18,27,33,35-37,43H,1,19-26H2,2-5H3,(H,41,44)/t27-,33?,35+,36+,37+,40?/m0/s1. The van der Waals surface area contributed by atoms with Gasteiger partial charge in [0.25, 0.3) is 0 Å². The van der Waals surface area contributed by atoms with Crippen LogP contribution in [0.3, 0.4) is 0 Å². The maximum absolute atomic E-state index is 12.0. The highest BCUT2D eigenvalue weighted by molar-refractivity contribution is 5.70. The molecule has 0 aromatic heterocycles. The highest BCUT2D eigenvalue weighted by atomic mass is 16.7. The summed E-state index contributed by atoms with van der Waals surface area (Å²) in [6.45, 7) is 15.7. The summed E-state index contributed by atoms with van der Waals surface area (Å²) >= 11 is 0. The minimum atomic E-state index is -0.515. The summed E-state index contributed by atoms with van der Waals surface area (Å²) in [5.74, 6) is 0.143. The average Bonchev–Trinajstić information content (AvgIpc) is 3.30. The van der Waals surface area contributed by atoms with E-state index in [0.29, 0.717) is 23.4 Å². The Balaban J connectivity index is 1.23. The quantitative estimate of drug-likeness (QED) is 0.220. The number of nitrogens with zero attached hydrogens (tertiary/aromatic N) is 1. The lowest BCUT2D eigenvalue weighted by molar-refractivity contribution is -0.276. The van der Waals surface area contributed by atoms with Gasteiger partial charge in [0, 0.05) is 37.2 Å². The fraction of sp³-hybridized carbons (Fsp3) is 0.475. The number of ether oxygens (including phenoxy) is 3. The van der Waals surface area contributed by atoms with Crippen LogP contribution in [0.25, 0.3) is 11.1 Å². The maximum atomic E-state index is 12.0. The van der Waals surface area contributed by atoms with Crippen LogP contribution >= 0.6 is 0 Å². The first kappa shape index (κ1) is 33.4. The van der Waals surface area contributed by atoms with Gasteiger partial charge in [-0.05, 0) is 57.9 Å². The van der Waals surface area contributed by atoms with Crippen molar-refractivity contribution >= 4 is 6.09 Å². The second-order valence-electron chi connectivity index (χ2n) is 15.0. The van der Waals surface area contributed by atoms with E-state index in [1.165, 1.54) is 19.3 Å². The summed E-state index contributed by atoms with van der Waals surface area (Å²) in [6, 6.07) is 25.1. The predicted octanol–water partition coefficient (Wildman–Crippen LogP) is 7.95. The molecule has 7 nitrogen and oxygen atoms in total. The summed E-state index contributed by atoms with van der Waals surface area (Å²) in [5, 5.41) is 12.5. The van der Waals surface area contributed by atoms with Crippen LogP contribution in [0.2, 0.25) is 0 Å². The number of hydrogen-bond donors (Lipinski definition) is 2. The first-order valence-corrected chi connectivity index (χ1v) is 17.0. The Morgan fingerprint density at radius 1 is 1.02 bits per heavy atom. The Kier molecular flexibility index (Phi) is 9.90. The zero-order chi connectivity index (χ0) is 33.2. The summed E-state index contributed by atoms with van der Waals surface area (Å²) in [5.41, 5.74) is 6.76. The van der Waals surface area contributed by atoms with E-state index in [1.54, 1.807) is 6.08 Å². The SMILES string of the molecule is C=CCOC(=O)NCc1ccccc1-c1ccc([C@@H]2O[C@H](CN3CC4(C)CC3CC(C)(C)C4)[C@H](C)[C@H](c3ccc(CO)cc3)O2)cc1. The van der Waals surface area contributed by atoms with Crippen molar-refractivity contribution in [3.63, 3.8) is 0 Å². The van der Waals surface area contributed by atoms with Gasteiger partial charge in [-0.1, -0.05) is 113 Å². The molecule has 250 valence electrons. The van der Waals surface area contributed by atoms with Crippen molar-refractivity contribution in [2.75, 3.05) is 19.7 Å². The first-order chi connectivity index (χ1) is 22.6. The van der Waals surface area contributed by atoms with Crippen molar-refractivity contribution in [1.29, 1.82) is 0 Å². The largest absolute Gasteiger partial charge is 0.445 e. The number of carbonyl (C=O) groups is 1. The molecule has 3 aromatic carbocycles. The lowest BCUT2D eigenvalue weighted by atomic mass is 9.65. The molecule has 1 aliphatic carbocycles. The van der Waals surface area contributed by atoms with Gasteiger partial charge in [0.05, 0.1) is 18.8 Å². The Morgan fingerprint density at radius 3 is 2.47 bits per heavy atom. The van der Waals surface area contributed by atoms with Crippen molar-refractivity contribution in [3.05, 3.63) is 108 Å². The number of aliphatic hydroxyl groups excluding tert-OH is 1. The fourth-order valence-corrected chi connectivity index (χ4v) is 8.48. The maximum Gasteiger partial charge on any atom is 0.407 e. The Morgan fingerprint density at radius 2 is 1.74 bits per heavy atom. The predicted molar refractivity (Wildman–Crippen MR) is 184 cm³/mol. The van der Waals surface area contributed by atoms with Crippen molar-refractivity contribution in [2.45, 2.75) is 84.6 Å². The number of rotatable bonds is 10. The van der Waals surface area contributed by atoms with Crippen LogP contribution in [0, 0.1) is 16.7 Å². The van der Waals surface area contributed by atoms with E-state index in [1.807, 2.05) is 30.3 Å². The molecule has 6 atom stereocenters. The molecule has 1 saturated carbocycles. The van der Waals surface area contributed by atoms with Gasteiger partial charge in [0.1, 0.15) is 6.61 Å². The van der Waals surface area contributed by atoms with Gasteiger partial charge < -0.3 is 24.6 Å². The van der Waals surface area contributed by atoms with Crippen molar-refractivity contribution < 1.29 is 24.1 Å². The number of nitrogens with one attached hydrogen (secondary N) is 1. The molecule has 6 rings (SSSR count). The molecule has 47 heavy (non-hydrogen) atoms. The van der Waals surface area contributed by atoms with Gasteiger partial charge in [-0.15, -0.1) is 0 Å². The van der Waals surface area contributed by atoms with Gasteiger partial charge in [0.15, 0.2) is 6.29 Å². The normalized spacial score (nSPS) is 28.5. The molecule has 3 aromatic rings. The monoisotopic (exact) mass is 638 g/mol. The molecule has 7 heteroatoms. The molecule has 2 bridgehead atoms. The van der Waals surface area contributed by atoms with Crippen LogP contribution in [-0.4, -0.2) is 47.9 Å². The number of alkyl carbamates (subject to hydrolysis) is 1. The van der Waals surface area contributed by atoms with Crippen LogP contribution < -0.4 is 5.32 Å². The summed E-state index contributed by atoms with van der Waals surface area (Å²) < 4.78 is 18.7. The second-order valence-corrected chi connectivity index (χ2v) is 15.0. The fourth-order valence-electron chi connectivity index (χ4n) is 8.48. The number of aliphatic hydroxyl groups is 1. The van der Waals surface area contributed by atoms with Crippen LogP contribution in [0.4, 0.5) is 4.79 Å². The van der Waals surface area contributed by atoms with E-state index in [2.05, 4.69) is 87.0 Å². The Labute approximate surface area is 279 Å². The molecular formula is C40H50N2O5. The third-order valence-corrected chi connectivity index (χ3v) is 10.3. The summed E-state index contributed by atoms with van der Waals surface area (Å²) in [4.78, 5) is 14.7. The Bertz CT molecular complexity index is 1540. The van der Waals surface area contributed by atoms with E-state index in [9.17, 15) is 9.90 Å². The van der Waals surface area contributed by atoms with E-state index in [0.717, 1.165) is 46.5 Å². The molecule has 2 heterocycles. The van der Waals surface area contributed by atoms with Gasteiger partial charge in [-0.3, -0.25) is 4.90 Å². The van der Waals surface area contributed by atoms with Crippen molar-refractivity contribution in [2.24, 2.45) is 16.7 Å². The lowest BCUT2D eigenvalue weighted by Crippen LogP contribution is -2.46. The van der Waals surface area contributed by atoms with E-state index < -0.39 is 12.4 Å². The second kappa shape index (κ2) is 13.9. The van der Waals surface area contributed by atoms with Crippen LogP contribution in [0.15, 0.2) is 85.5 Å². The topological polar surface area (TPSA) is 80.3 Å². The van der Waals surface area contributed by atoms with E-state index in [-0.39, 0.29) is 31.3 Å². The van der Waals surface area contributed by atoms with Gasteiger partial charge in [-0.25, -0.2) is 4.79 Å². The molecule has 0 spiro atoms. The van der Waals surface area contributed by atoms with E-state index in [4.69, 9.17) is 14.2 Å². The summed E-state index contributed by atoms with van der Waals surface area (Å²) in [7, 11) is 0. The minimum absolute atomic E-state index is 0.00495. The number of fused-ring (bicyclic) bond motifs is 2. The molecular weight excluding hydrogens is 588 g/mol. The number of hydrogen-bond acceptors (Lipinski definition) is 6. The van der Waals surface area contributed by atoms with E-state index >= 15 is 0 Å². The van der Waals surface area contributed by atoms with Crippen LogP contribution in [0.1, 0.15) is 81.6 Å². The molecule has 2 unspecified atom stereocenters. The minimum Gasteiger partial charge on any atom is -0.445 e. The lowest BCUT2D eigenvalue weighted by Gasteiger charge is -2.43.